The number of nitrogens with one attached hydrogen (secondary N) is 2. The highest BCUT2D eigenvalue weighted by atomic mass is 16.5. The van der Waals surface area contributed by atoms with E-state index in [0.29, 0.717) is 39.1 Å². The number of ether oxygens (including phenoxy) is 2. The van der Waals surface area contributed by atoms with Crippen LogP contribution in [0.5, 0.6) is 0 Å². The summed E-state index contributed by atoms with van der Waals surface area (Å²) >= 11 is 0. The minimum Gasteiger partial charge on any atom is -0.383 e. The third-order valence-electron chi connectivity index (χ3n) is 7.77. The van der Waals surface area contributed by atoms with Crippen molar-refractivity contribution in [1.29, 1.82) is 0 Å². The molecule has 1 heterocycles. The fraction of sp³-hybridized carbons (Fsp3) is 0.808. The molecule has 2 rings (SSSR count). The Morgan fingerprint density at radius 1 is 1.03 bits per heavy atom. The molecule has 0 spiro atoms. The van der Waals surface area contributed by atoms with Gasteiger partial charge in [-0.05, 0) is 32.4 Å². The van der Waals surface area contributed by atoms with Crippen LogP contribution in [0.25, 0.3) is 0 Å². The van der Waals surface area contributed by atoms with E-state index >= 15 is 0 Å². The number of H-pyrrole nitrogens is 1. The first kappa shape index (κ1) is 30.2. The van der Waals surface area contributed by atoms with Crippen molar-refractivity contribution < 1.29 is 19.1 Å². The number of likely N-dealkylation sites (N-methyl/N-ethyl adjacent to an activating group) is 4. The van der Waals surface area contributed by atoms with Crippen LogP contribution in [0, 0.1) is 17.3 Å². The molecule has 0 aromatic carbocycles. The first-order chi connectivity index (χ1) is 17.1. The van der Waals surface area contributed by atoms with Gasteiger partial charge in [0.2, 0.25) is 11.8 Å². The van der Waals surface area contributed by atoms with Crippen molar-refractivity contribution in [3.8, 4) is 0 Å². The van der Waals surface area contributed by atoms with Gasteiger partial charge in [0.25, 0.3) is 0 Å². The van der Waals surface area contributed by atoms with Gasteiger partial charge in [-0.25, -0.2) is 0 Å². The molecule has 0 saturated heterocycles. The third kappa shape index (κ3) is 7.50. The molecule has 0 radical (unpaired) electrons. The van der Waals surface area contributed by atoms with Crippen molar-refractivity contribution in [2.45, 2.75) is 39.2 Å². The van der Waals surface area contributed by atoms with E-state index < -0.39 is 5.41 Å². The number of carbonyl (C=O) groups is 2. The van der Waals surface area contributed by atoms with Gasteiger partial charge in [0.15, 0.2) is 0 Å². The molecule has 1 saturated carbocycles. The summed E-state index contributed by atoms with van der Waals surface area (Å²) in [4.78, 5) is 33.1. The zero-order chi connectivity index (χ0) is 26.9. The fourth-order valence-corrected chi connectivity index (χ4v) is 5.26. The Bertz CT molecular complexity index is 791. The summed E-state index contributed by atoms with van der Waals surface area (Å²) in [7, 11) is 10.9. The van der Waals surface area contributed by atoms with E-state index in [1.54, 1.807) is 24.0 Å². The smallest absolute Gasteiger partial charge is 0.226 e. The SMILES string of the molecule is CNCCN(C)Cc1c[nH]nc1C1CC(C(=O)N(C)CCOC)C(C)(C)C(C(=O)N(C)CCOC)C1. The predicted octanol–water partition coefficient (Wildman–Crippen LogP) is 1.41. The number of aromatic nitrogens is 2. The Morgan fingerprint density at radius 3 is 2.03 bits per heavy atom. The maximum Gasteiger partial charge on any atom is 0.226 e. The Balaban J connectivity index is 2.38. The van der Waals surface area contributed by atoms with Crippen molar-refractivity contribution >= 4 is 11.8 Å². The second-order valence-corrected chi connectivity index (χ2v) is 10.7. The van der Waals surface area contributed by atoms with Crippen molar-refractivity contribution in [1.82, 2.24) is 30.2 Å². The number of amides is 2. The number of hydrogen-bond donors (Lipinski definition) is 2. The summed E-state index contributed by atoms with van der Waals surface area (Å²) in [6.07, 6.45) is 3.27. The van der Waals surface area contributed by atoms with Crippen molar-refractivity contribution in [3.05, 3.63) is 17.5 Å². The van der Waals surface area contributed by atoms with Crippen LogP contribution < -0.4 is 5.32 Å². The summed E-state index contributed by atoms with van der Waals surface area (Å²) in [6.45, 7) is 8.69. The van der Waals surface area contributed by atoms with Gasteiger partial charge in [-0.15, -0.1) is 0 Å². The molecule has 0 aliphatic heterocycles. The van der Waals surface area contributed by atoms with Gasteiger partial charge in [0.1, 0.15) is 0 Å². The average Bonchev–Trinajstić information content (AvgIpc) is 3.31. The van der Waals surface area contributed by atoms with Gasteiger partial charge in [-0.1, -0.05) is 13.8 Å². The maximum atomic E-state index is 13.7. The van der Waals surface area contributed by atoms with Crippen LogP contribution in [0.4, 0.5) is 0 Å². The Morgan fingerprint density at radius 2 is 1.56 bits per heavy atom. The predicted molar refractivity (Wildman–Crippen MR) is 141 cm³/mol. The lowest BCUT2D eigenvalue weighted by atomic mass is 9.57. The minimum atomic E-state index is -0.507. The summed E-state index contributed by atoms with van der Waals surface area (Å²) in [5.41, 5.74) is 1.58. The van der Waals surface area contributed by atoms with Gasteiger partial charge < -0.3 is 29.5 Å². The highest BCUT2D eigenvalue weighted by Crippen LogP contribution is 2.51. The van der Waals surface area contributed by atoms with E-state index in [4.69, 9.17) is 9.47 Å². The lowest BCUT2D eigenvalue weighted by molar-refractivity contribution is -0.151. The van der Waals surface area contributed by atoms with E-state index in [-0.39, 0.29) is 29.6 Å². The number of nitrogens with zero attached hydrogens (tertiary/aromatic N) is 4. The molecule has 1 fully saturated rings. The summed E-state index contributed by atoms with van der Waals surface area (Å²) in [5, 5.41) is 10.9. The first-order valence-electron chi connectivity index (χ1n) is 12.9. The molecule has 36 heavy (non-hydrogen) atoms. The molecule has 1 aromatic heterocycles. The van der Waals surface area contributed by atoms with E-state index in [1.807, 2.05) is 27.3 Å². The lowest BCUT2D eigenvalue weighted by Crippen LogP contribution is -2.52. The molecule has 1 aliphatic carbocycles. The molecule has 1 aromatic rings. The van der Waals surface area contributed by atoms with Crippen LogP contribution >= 0.6 is 0 Å². The largest absolute Gasteiger partial charge is 0.383 e. The minimum absolute atomic E-state index is 0.00604. The first-order valence-corrected chi connectivity index (χ1v) is 12.9. The van der Waals surface area contributed by atoms with Crippen LogP contribution in [0.15, 0.2) is 6.20 Å². The Kier molecular flexibility index (Phi) is 11.8. The van der Waals surface area contributed by atoms with Crippen LogP contribution in [0.3, 0.4) is 0 Å². The zero-order valence-electron chi connectivity index (χ0n) is 23.6. The molecule has 10 heteroatoms. The van der Waals surface area contributed by atoms with Gasteiger partial charge >= 0.3 is 0 Å². The highest BCUT2D eigenvalue weighted by Gasteiger charge is 2.52. The van der Waals surface area contributed by atoms with Crippen molar-refractivity contribution in [2.24, 2.45) is 17.3 Å². The number of hydrogen-bond acceptors (Lipinski definition) is 7. The van der Waals surface area contributed by atoms with Crippen molar-refractivity contribution in [3.63, 3.8) is 0 Å². The van der Waals surface area contributed by atoms with E-state index in [9.17, 15) is 9.59 Å². The van der Waals surface area contributed by atoms with Gasteiger partial charge in [0.05, 0.1) is 18.9 Å². The van der Waals surface area contributed by atoms with Crippen LogP contribution in [-0.4, -0.2) is 119 Å². The second-order valence-electron chi connectivity index (χ2n) is 10.7. The Labute approximate surface area is 217 Å². The molecule has 206 valence electrons. The fourth-order valence-electron chi connectivity index (χ4n) is 5.26. The zero-order valence-corrected chi connectivity index (χ0v) is 23.6. The number of rotatable bonds is 14. The third-order valence-corrected chi connectivity index (χ3v) is 7.77. The molecular formula is C26H48N6O4. The quantitative estimate of drug-likeness (QED) is 0.392. The normalized spacial score (nSPS) is 21.5. The number of methoxy groups -OCH3 is 2. The van der Waals surface area contributed by atoms with Crippen LogP contribution in [0.2, 0.25) is 0 Å². The van der Waals surface area contributed by atoms with Crippen LogP contribution in [-0.2, 0) is 25.6 Å². The molecule has 1 aliphatic rings. The van der Waals surface area contributed by atoms with E-state index in [1.165, 1.54) is 0 Å². The topological polar surface area (TPSA) is 103 Å². The molecule has 2 amide bonds. The van der Waals surface area contributed by atoms with Gasteiger partial charge in [0, 0.05) is 90.6 Å². The molecule has 10 nitrogen and oxygen atoms in total. The molecule has 2 unspecified atom stereocenters. The van der Waals surface area contributed by atoms with Gasteiger partial charge in [-0.3, -0.25) is 14.7 Å². The standard InChI is InChI=1S/C26H48N6O4/c1-26(2)21(24(33)31(5)11-13-35-7)15-19(16-22(26)25(34)32(6)12-14-36-8)23-20(17-28-29-23)18-30(4)10-9-27-3/h17,19,21-22,27H,9-16,18H2,1-8H3,(H,28,29). The number of aromatic amines is 1. The number of carbonyl (C=O) groups excluding carboxylic acids is 2. The lowest BCUT2D eigenvalue weighted by Gasteiger charge is -2.48. The highest BCUT2D eigenvalue weighted by molar-refractivity contribution is 5.84. The van der Waals surface area contributed by atoms with Crippen LogP contribution in [0.1, 0.15) is 43.9 Å². The average molecular weight is 509 g/mol. The summed E-state index contributed by atoms with van der Waals surface area (Å²) in [5.74, 6) is -0.500. The van der Waals surface area contributed by atoms with Gasteiger partial charge in [-0.2, -0.15) is 5.10 Å². The van der Waals surface area contributed by atoms with E-state index in [0.717, 1.165) is 30.9 Å². The van der Waals surface area contributed by atoms with Crippen molar-refractivity contribution in [2.75, 3.05) is 81.8 Å². The molecule has 0 bridgehead atoms. The Hall–Kier alpha value is -2.01. The second kappa shape index (κ2) is 14.1. The monoisotopic (exact) mass is 508 g/mol. The maximum absolute atomic E-state index is 13.7. The molecular weight excluding hydrogens is 460 g/mol. The molecule has 2 N–H and O–H groups in total. The summed E-state index contributed by atoms with van der Waals surface area (Å²) < 4.78 is 10.4. The molecule has 2 atom stereocenters. The van der Waals surface area contributed by atoms with E-state index in [2.05, 4.69) is 41.3 Å². The summed E-state index contributed by atoms with van der Waals surface area (Å²) in [6, 6.07) is 0.